The number of likely N-dealkylation sites (tertiary alicyclic amines) is 1. The monoisotopic (exact) mass is 236 g/mol. The molecule has 4 nitrogen and oxygen atoms in total. The third-order valence-electron chi connectivity index (χ3n) is 2.73. The minimum absolute atomic E-state index is 0.128. The van der Waals surface area contributed by atoms with Gasteiger partial charge in [-0.05, 0) is 25.1 Å². The van der Waals surface area contributed by atoms with Crippen LogP contribution in [0.3, 0.4) is 0 Å². The number of nitrogens with one attached hydrogen (secondary N) is 1. The number of rotatable bonds is 3. The van der Waals surface area contributed by atoms with Crippen molar-refractivity contribution in [2.24, 2.45) is 0 Å². The van der Waals surface area contributed by atoms with Gasteiger partial charge in [0, 0.05) is 12.2 Å². The summed E-state index contributed by atoms with van der Waals surface area (Å²) < 4.78 is 13.0. The molecular formula is C12H13FN2O2. The summed E-state index contributed by atoms with van der Waals surface area (Å²) in [5.41, 5.74) is 0.508. The van der Waals surface area contributed by atoms with Crippen molar-refractivity contribution in [3.05, 3.63) is 30.1 Å². The molecule has 1 fully saturated rings. The van der Waals surface area contributed by atoms with Crippen LogP contribution in [-0.2, 0) is 9.59 Å². The number of benzene rings is 1. The number of likely N-dealkylation sites (N-methyl/N-ethyl adjacent to an activating group) is 1. The molecule has 1 aliphatic rings. The van der Waals surface area contributed by atoms with Gasteiger partial charge in [0.05, 0.1) is 6.42 Å². The van der Waals surface area contributed by atoms with Gasteiger partial charge in [-0.1, -0.05) is 6.07 Å². The fourth-order valence-electron chi connectivity index (χ4n) is 1.91. The van der Waals surface area contributed by atoms with Gasteiger partial charge in [-0.2, -0.15) is 0 Å². The maximum Gasteiger partial charge on any atom is 0.252 e. The number of carbonyl (C=O) groups excluding carboxylic acids is 2. The van der Waals surface area contributed by atoms with Crippen LogP contribution in [0.4, 0.5) is 10.1 Å². The van der Waals surface area contributed by atoms with Crippen LogP contribution >= 0.6 is 0 Å². The molecule has 0 spiro atoms. The Balaban J connectivity index is 2.11. The first-order chi connectivity index (χ1) is 8.11. The van der Waals surface area contributed by atoms with Crippen molar-refractivity contribution in [1.82, 2.24) is 4.90 Å². The number of hydrogen-bond acceptors (Lipinski definition) is 3. The quantitative estimate of drug-likeness (QED) is 0.807. The van der Waals surface area contributed by atoms with Crippen LogP contribution in [0.5, 0.6) is 0 Å². The predicted molar refractivity (Wildman–Crippen MR) is 60.8 cm³/mol. The molecule has 1 unspecified atom stereocenters. The molecule has 0 saturated carbocycles. The lowest BCUT2D eigenvalue weighted by Crippen LogP contribution is -2.34. The van der Waals surface area contributed by atoms with Gasteiger partial charge >= 0.3 is 0 Å². The number of anilines is 1. The second-order valence-corrected chi connectivity index (χ2v) is 3.89. The number of nitrogens with zero attached hydrogens (tertiary/aromatic N) is 1. The van der Waals surface area contributed by atoms with E-state index in [9.17, 15) is 14.0 Å². The molecule has 0 bridgehead atoms. The zero-order valence-electron chi connectivity index (χ0n) is 9.44. The normalized spacial score (nSPS) is 19.9. The SMILES string of the molecule is CCN1C(=O)CC(Nc2cccc(F)c2)C1=O. The first-order valence-electron chi connectivity index (χ1n) is 5.48. The van der Waals surface area contributed by atoms with Crippen LogP contribution in [0.1, 0.15) is 13.3 Å². The number of imide groups is 1. The average Bonchev–Trinajstić information content (AvgIpc) is 2.54. The molecule has 90 valence electrons. The third kappa shape index (κ3) is 2.27. The van der Waals surface area contributed by atoms with Crippen molar-refractivity contribution in [2.45, 2.75) is 19.4 Å². The minimum atomic E-state index is -0.579. The van der Waals surface area contributed by atoms with E-state index in [-0.39, 0.29) is 24.1 Å². The molecule has 1 aromatic rings. The van der Waals surface area contributed by atoms with Crippen LogP contribution in [0, 0.1) is 5.82 Å². The van der Waals surface area contributed by atoms with Crippen molar-refractivity contribution >= 4 is 17.5 Å². The number of hydrogen-bond donors (Lipinski definition) is 1. The van der Waals surface area contributed by atoms with Gasteiger partial charge in [0.1, 0.15) is 11.9 Å². The first-order valence-corrected chi connectivity index (χ1v) is 5.48. The van der Waals surface area contributed by atoms with Gasteiger partial charge in [0.25, 0.3) is 5.91 Å². The molecule has 2 rings (SSSR count). The highest BCUT2D eigenvalue weighted by molar-refractivity contribution is 6.06. The van der Waals surface area contributed by atoms with E-state index in [2.05, 4.69) is 5.32 Å². The van der Waals surface area contributed by atoms with E-state index < -0.39 is 6.04 Å². The minimum Gasteiger partial charge on any atom is -0.373 e. The molecule has 1 aliphatic heterocycles. The van der Waals surface area contributed by atoms with Crippen molar-refractivity contribution in [1.29, 1.82) is 0 Å². The van der Waals surface area contributed by atoms with Gasteiger partial charge < -0.3 is 5.32 Å². The zero-order valence-corrected chi connectivity index (χ0v) is 9.44. The molecule has 1 aromatic carbocycles. The molecule has 1 heterocycles. The molecule has 1 atom stereocenters. The average molecular weight is 236 g/mol. The molecule has 17 heavy (non-hydrogen) atoms. The summed E-state index contributed by atoms with van der Waals surface area (Å²) in [4.78, 5) is 24.5. The van der Waals surface area contributed by atoms with Crippen molar-refractivity contribution in [2.75, 3.05) is 11.9 Å². The Bertz CT molecular complexity index is 462. The Morgan fingerprint density at radius 2 is 2.24 bits per heavy atom. The summed E-state index contributed by atoms with van der Waals surface area (Å²) in [5, 5.41) is 2.87. The Hall–Kier alpha value is -1.91. The Morgan fingerprint density at radius 1 is 1.47 bits per heavy atom. The van der Waals surface area contributed by atoms with Crippen molar-refractivity contribution in [3.63, 3.8) is 0 Å². The third-order valence-corrected chi connectivity index (χ3v) is 2.73. The van der Waals surface area contributed by atoms with E-state index in [0.717, 1.165) is 0 Å². The highest BCUT2D eigenvalue weighted by Crippen LogP contribution is 2.18. The lowest BCUT2D eigenvalue weighted by Gasteiger charge is -2.13. The second kappa shape index (κ2) is 4.53. The molecule has 0 radical (unpaired) electrons. The topological polar surface area (TPSA) is 49.4 Å². The largest absolute Gasteiger partial charge is 0.373 e. The Kier molecular flexibility index (Phi) is 3.08. The van der Waals surface area contributed by atoms with E-state index in [1.165, 1.54) is 17.0 Å². The van der Waals surface area contributed by atoms with E-state index in [0.29, 0.717) is 12.2 Å². The summed E-state index contributed by atoms with van der Waals surface area (Å²) in [6.07, 6.45) is 0.128. The predicted octanol–water partition coefficient (Wildman–Crippen LogP) is 1.39. The van der Waals surface area contributed by atoms with Crippen LogP contribution in [0.15, 0.2) is 24.3 Å². The Morgan fingerprint density at radius 3 is 2.82 bits per heavy atom. The fraction of sp³-hybridized carbons (Fsp3) is 0.333. The summed E-state index contributed by atoms with van der Waals surface area (Å²) in [6.45, 7) is 2.12. The van der Waals surface area contributed by atoms with Crippen LogP contribution in [0.25, 0.3) is 0 Å². The highest BCUT2D eigenvalue weighted by Gasteiger charge is 2.37. The summed E-state index contributed by atoms with van der Waals surface area (Å²) in [5.74, 6) is -0.813. The highest BCUT2D eigenvalue weighted by atomic mass is 19.1. The summed E-state index contributed by atoms with van der Waals surface area (Å²) in [7, 11) is 0. The van der Waals surface area contributed by atoms with Gasteiger partial charge in [-0.25, -0.2) is 4.39 Å². The Labute approximate surface area is 98.4 Å². The van der Waals surface area contributed by atoms with Gasteiger partial charge in [0.15, 0.2) is 0 Å². The molecular weight excluding hydrogens is 223 g/mol. The van der Waals surface area contributed by atoms with E-state index in [1.54, 1.807) is 19.1 Å². The van der Waals surface area contributed by atoms with Gasteiger partial charge in [-0.15, -0.1) is 0 Å². The van der Waals surface area contributed by atoms with Gasteiger partial charge in [0.2, 0.25) is 5.91 Å². The molecule has 0 aliphatic carbocycles. The molecule has 1 saturated heterocycles. The molecule has 1 N–H and O–H groups in total. The van der Waals surface area contributed by atoms with Crippen molar-refractivity contribution < 1.29 is 14.0 Å². The maximum atomic E-state index is 13.0. The second-order valence-electron chi connectivity index (χ2n) is 3.89. The maximum absolute atomic E-state index is 13.0. The molecule has 0 aromatic heterocycles. The standard InChI is InChI=1S/C12H13FN2O2/c1-2-15-11(16)7-10(12(15)17)14-9-5-3-4-8(13)6-9/h3-6,10,14H,2,7H2,1H3. The number of carbonyl (C=O) groups is 2. The van der Waals surface area contributed by atoms with E-state index in [1.807, 2.05) is 0 Å². The molecule has 2 amide bonds. The summed E-state index contributed by atoms with van der Waals surface area (Å²) >= 11 is 0. The van der Waals surface area contributed by atoms with E-state index >= 15 is 0 Å². The van der Waals surface area contributed by atoms with Crippen LogP contribution in [-0.4, -0.2) is 29.3 Å². The van der Waals surface area contributed by atoms with E-state index in [4.69, 9.17) is 0 Å². The fourth-order valence-corrected chi connectivity index (χ4v) is 1.91. The lowest BCUT2D eigenvalue weighted by molar-refractivity contribution is -0.138. The number of amides is 2. The van der Waals surface area contributed by atoms with Gasteiger partial charge in [-0.3, -0.25) is 14.5 Å². The van der Waals surface area contributed by atoms with Crippen LogP contribution < -0.4 is 5.32 Å². The molecule has 5 heteroatoms. The summed E-state index contributed by atoms with van der Waals surface area (Å²) in [6, 6.07) is 5.26. The van der Waals surface area contributed by atoms with Crippen LogP contribution in [0.2, 0.25) is 0 Å². The lowest BCUT2D eigenvalue weighted by atomic mass is 10.2. The first kappa shape index (κ1) is 11.6. The van der Waals surface area contributed by atoms with Crippen molar-refractivity contribution in [3.8, 4) is 0 Å². The zero-order chi connectivity index (χ0) is 12.4. The number of halogens is 1. The smallest absolute Gasteiger partial charge is 0.252 e.